The fourth-order valence-electron chi connectivity index (χ4n) is 2.89. The summed E-state index contributed by atoms with van der Waals surface area (Å²) in [6.45, 7) is 0. The Morgan fingerprint density at radius 3 is 2.68 bits per heavy atom. The minimum atomic E-state index is -0.696. The Hall–Kier alpha value is -4.12. The largest absolute Gasteiger partial charge is 0.455 e. The summed E-state index contributed by atoms with van der Waals surface area (Å²) < 4.78 is 5.71. The van der Waals surface area contributed by atoms with E-state index in [0.717, 1.165) is 11.1 Å². The average Bonchev–Trinajstić information content (AvgIpc) is 3.44. The lowest BCUT2D eigenvalue weighted by molar-refractivity contribution is -0.508. The predicted octanol–water partition coefficient (Wildman–Crippen LogP) is 4.75. The van der Waals surface area contributed by atoms with Crippen molar-refractivity contribution in [2.75, 3.05) is 5.43 Å². The number of benzene rings is 1. The Kier molecular flexibility index (Phi) is 5.67. The topological polar surface area (TPSA) is 137 Å². The lowest BCUT2D eigenvalue weighted by atomic mass is 10.0. The number of non-ortho nitro benzene ring substituents is 1. The van der Waals surface area contributed by atoms with E-state index in [9.17, 15) is 20.2 Å². The molecule has 1 atom stereocenters. The third-order valence-electron chi connectivity index (χ3n) is 4.49. The number of hydrazone groups is 1. The van der Waals surface area contributed by atoms with Crippen LogP contribution in [0.1, 0.15) is 17.9 Å². The number of allylic oxidation sites excluding steroid dienone is 2. The van der Waals surface area contributed by atoms with Gasteiger partial charge in [0.15, 0.2) is 0 Å². The number of nitrogens with one attached hydrogen (secondary N) is 1. The lowest BCUT2D eigenvalue weighted by Gasteiger charge is -2.08. The SMILES string of the molecule is O=[N+]([O-])c1ccc(-c2csc(N/N=C/c3ccc(C4=CCC([N+](=O)[O-])C=C4)o3)n2)cc1. The minimum absolute atomic E-state index is 0.0248. The molecular formula is C20H15N5O5S. The van der Waals surface area contributed by atoms with Crippen molar-refractivity contribution in [2.24, 2.45) is 5.10 Å². The van der Waals surface area contributed by atoms with Gasteiger partial charge in [0, 0.05) is 40.0 Å². The van der Waals surface area contributed by atoms with Crippen molar-refractivity contribution in [3.05, 3.63) is 91.8 Å². The number of nitro benzene ring substituents is 1. The summed E-state index contributed by atoms with van der Waals surface area (Å²) in [6, 6.07) is 8.99. The van der Waals surface area contributed by atoms with E-state index in [2.05, 4.69) is 15.5 Å². The van der Waals surface area contributed by atoms with Crippen molar-refractivity contribution in [2.45, 2.75) is 12.5 Å². The van der Waals surface area contributed by atoms with Crippen LogP contribution in [-0.2, 0) is 0 Å². The van der Waals surface area contributed by atoms with Gasteiger partial charge in [-0.2, -0.15) is 5.10 Å². The molecule has 2 aromatic heterocycles. The number of hydrogen-bond acceptors (Lipinski definition) is 9. The van der Waals surface area contributed by atoms with E-state index in [4.69, 9.17) is 4.42 Å². The Bertz CT molecular complexity index is 1210. The fourth-order valence-corrected chi connectivity index (χ4v) is 3.56. The van der Waals surface area contributed by atoms with Crippen molar-refractivity contribution in [3.8, 4) is 11.3 Å². The molecule has 0 fully saturated rings. The molecule has 1 aliphatic carbocycles. The molecule has 0 radical (unpaired) electrons. The van der Waals surface area contributed by atoms with Crippen LogP contribution in [0.5, 0.6) is 0 Å². The number of hydrogen-bond donors (Lipinski definition) is 1. The monoisotopic (exact) mass is 437 g/mol. The maximum absolute atomic E-state index is 10.8. The van der Waals surface area contributed by atoms with Gasteiger partial charge in [0.25, 0.3) is 5.69 Å². The maximum atomic E-state index is 10.8. The van der Waals surface area contributed by atoms with Crippen LogP contribution in [0.25, 0.3) is 16.8 Å². The second kappa shape index (κ2) is 8.71. The van der Waals surface area contributed by atoms with Gasteiger partial charge in [0.2, 0.25) is 11.2 Å². The number of nitro groups is 2. The van der Waals surface area contributed by atoms with Crippen LogP contribution in [-0.4, -0.2) is 27.1 Å². The van der Waals surface area contributed by atoms with Gasteiger partial charge in [0.1, 0.15) is 11.5 Å². The highest BCUT2D eigenvalue weighted by Gasteiger charge is 2.19. The van der Waals surface area contributed by atoms with Crippen molar-refractivity contribution >= 4 is 33.9 Å². The Morgan fingerprint density at radius 2 is 2.00 bits per heavy atom. The summed E-state index contributed by atoms with van der Waals surface area (Å²) in [6.07, 6.45) is 6.85. The zero-order valence-electron chi connectivity index (χ0n) is 15.9. The first-order valence-corrected chi connectivity index (χ1v) is 9.99. The highest BCUT2D eigenvalue weighted by molar-refractivity contribution is 7.14. The van der Waals surface area contributed by atoms with Gasteiger partial charge in [-0.15, -0.1) is 11.3 Å². The van der Waals surface area contributed by atoms with Crippen LogP contribution in [0.2, 0.25) is 0 Å². The van der Waals surface area contributed by atoms with E-state index >= 15 is 0 Å². The zero-order chi connectivity index (χ0) is 21.8. The van der Waals surface area contributed by atoms with E-state index in [1.54, 1.807) is 42.5 Å². The first-order valence-electron chi connectivity index (χ1n) is 9.11. The molecule has 31 heavy (non-hydrogen) atoms. The summed E-state index contributed by atoms with van der Waals surface area (Å²) >= 11 is 1.35. The molecule has 156 valence electrons. The zero-order valence-corrected chi connectivity index (χ0v) is 16.7. The molecule has 11 heteroatoms. The summed E-state index contributed by atoms with van der Waals surface area (Å²) in [5.74, 6) is 1.12. The predicted molar refractivity (Wildman–Crippen MR) is 117 cm³/mol. The third-order valence-corrected chi connectivity index (χ3v) is 5.24. The standard InChI is InChI=1S/C20H15N5O5S/c26-24(27)15-5-1-13(2-6-15)18-12-31-20(22-18)23-21-11-17-9-10-19(30-17)14-3-7-16(8-4-14)25(28)29/h1-7,9-12,16H,8H2,(H,22,23)/b21-11+. The second-order valence-electron chi connectivity index (χ2n) is 6.52. The molecule has 0 bridgehead atoms. The van der Waals surface area contributed by atoms with E-state index in [1.165, 1.54) is 29.7 Å². The number of nitrogens with zero attached hydrogens (tertiary/aromatic N) is 4. The smallest absolute Gasteiger partial charge is 0.269 e. The normalized spacial score (nSPS) is 15.7. The van der Waals surface area contributed by atoms with Gasteiger partial charge in [-0.1, -0.05) is 6.08 Å². The molecule has 1 aromatic carbocycles. The van der Waals surface area contributed by atoms with Crippen molar-refractivity contribution < 1.29 is 14.3 Å². The third kappa shape index (κ3) is 4.73. The molecule has 2 heterocycles. The Morgan fingerprint density at radius 1 is 1.19 bits per heavy atom. The number of aromatic nitrogens is 1. The van der Waals surface area contributed by atoms with Gasteiger partial charge in [-0.25, -0.2) is 4.98 Å². The molecule has 0 amide bonds. The van der Waals surface area contributed by atoms with Crippen LogP contribution in [0.15, 0.2) is 69.5 Å². The Balaban J connectivity index is 1.36. The molecule has 4 rings (SSSR count). The summed E-state index contributed by atoms with van der Waals surface area (Å²) in [7, 11) is 0. The summed E-state index contributed by atoms with van der Waals surface area (Å²) in [5.41, 5.74) is 5.09. The molecule has 0 aliphatic heterocycles. The molecule has 0 saturated heterocycles. The lowest BCUT2D eigenvalue weighted by Crippen LogP contribution is -2.17. The second-order valence-corrected chi connectivity index (χ2v) is 7.38. The van der Waals surface area contributed by atoms with Crippen LogP contribution in [0.3, 0.4) is 0 Å². The molecule has 1 aliphatic rings. The van der Waals surface area contributed by atoms with Crippen molar-refractivity contribution in [3.63, 3.8) is 0 Å². The minimum Gasteiger partial charge on any atom is -0.455 e. The Labute approximate surface area is 179 Å². The van der Waals surface area contributed by atoms with Gasteiger partial charge in [-0.05, 0) is 36.4 Å². The van der Waals surface area contributed by atoms with E-state index in [-0.39, 0.29) is 10.6 Å². The fraction of sp³-hybridized carbons (Fsp3) is 0.100. The quantitative estimate of drug-likeness (QED) is 0.320. The van der Waals surface area contributed by atoms with E-state index in [1.807, 2.05) is 5.38 Å². The van der Waals surface area contributed by atoms with Crippen LogP contribution in [0, 0.1) is 20.2 Å². The molecular weight excluding hydrogens is 422 g/mol. The summed E-state index contributed by atoms with van der Waals surface area (Å²) in [4.78, 5) is 25.2. The maximum Gasteiger partial charge on any atom is 0.269 e. The van der Waals surface area contributed by atoms with E-state index in [0.29, 0.717) is 28.8 Å². The summed E-state index contributed by atoms with van der Waals surface area (Å²) in [5, 5.41) is 28.0. The van der Waals surface area contributed by atoms with Crippen LogP contribution in [0.4, 0.5) is 10.8 Å². The van der Waals surface area contributed by atoms with Gasteiger partial charge in [-0.3, -0.25) is 25.7 Å². The van der Waals surface area contributed by atoms with Gasteiger partial charge in [0.05, 0.1) is 16.8 Å². The molecule has 0 spiro atoms. The molecule has 1 unspecified atom stereocenters. The van der Waals surface area contributed by atoms with Gasteiger partial charge < -0.3 is 4.42 Å². The van der Waals surface area contributed by atoms with Crippen molar-refractivity contribution in [1.29, 1.82) is 0 Å². The average molecular weight is 437 g/mol. The highest BCUT2D eigenvalue weighted by atomic mass is 32.1. The number of rotatable bonds is 7. The van der Waals surface area contributed by atoms with E-state index < -0.39 is 11.0 Å². The molecule has 3 aromatic rings. The van der Waals surface area contributed by atoms with Gasteiger partial charge >= 0.3 is 0 Å². The molecule has 1 N–H and O–H groups in total. The first kappa shape index (κ1) is 20.2. The highest BCUT2D eigenvalue weighted by Crippen LogP contribution is 2.27. The number of thiazole rings is 1. The molecule has 10 nitrogen and oxygen atoms in total. The first-order chi connectivity index (χ1) is 15.0. The van der Waals surface area contributed by atoms with Crippen LogP contribution >= 0.6 is 11.3 Å². The van der Waals surface area contributed by atoms with Crippen LogP contribution < -0.4 is 5.43 Å². The molecule has 0 saturated carbocycles. The van der Waals surface area contributed by atoms with Crippen molar-refractivity contribution in [1.82, 2.24) is 4.98 Å². The number of furan rings is 1. The number of anilines is 1.